The van der Waals surface area contributed by atoms with Crippen LogP contribution in [0.4, 0.5) is 11.4 Å². The molecule has 1 fully saturated rings. The molecule has 0 aliphatic carbocycles. The molecule has 80 heavy (non-hydrogen) atoms. The average Bonchev–Trinajstić information content (AvgIpc) is 3.88. The van der Waals surface area contributed by atoms with E-state index in [0.717, 1.165) is 12.1 Å². The molecule has 3 aliphatic heterocycles. The second-order valence-corrected chi connectivity index (χ2v) is 26.6. The van der Waals surface area contributed by atoms with Crippen molar-refractivity contribution < 1.29 is 108 Å². The van der Waals surface area contributed by atoms with Gasteiger partial charge >= 0.3 is 5.97 Å². The lowest BCUT2D eigenvalue weighted by Gasteiger charge is -2.31. The Morgan fingerprint density at radius 2 is 1.19 bits per heavy atom. The van der Waals surface area contributed by atoms with Gasteiger partial charge in [-0.05, 0) is 92.4 Å². The summed E-state index contributed by atoms with van der Waals surface area (Å²) < 4.78 is 201. The Kier molecular flexibility index (Phi) is 18.3. The number of fused-ring (bicyclic) bond motifs is 6. The third-order valence-corrected chi connectivity index (χ3v) is 18.0. The first-order valence-electron chi connectivity index (χ1n) is 24.4. The van der Waals surface area contributed by atoms with Crippen LogP contribution in [0, 0.1) is 0 Å². The number of methoxy groups -OCH3 is 1. The highest BCUT2D eigenvalue weighted by Crippen LogP contribution is 2.54. The Balaban J connectivity index is 1.25. The van der Waals surface area contributed by atoms with Crippen LogP contribution in [0.25, 0.3) is 21.5 Å². The van der Waals surface area contributed by atoms with Crippen LogP contribution in [0.15, 0.2) is 92.0 Å². The van der Waals surface area contributed by atoms with Gasteiger partial charge in [-0.25, -0.2) is 4.79 Å². The summed E-state index contributed by atoms with van der Waals surface area (Å²) in [5, 5.41) is 0.211. The average molecular weight is 1220 g/mol. The van der Waals surface area contributed by atoms with Crippen LogP contribution in [0.3, 0.4) is 0 Å². The number of nitrogens with zero attached hydrogens (tertiary/aromatic N) is 3. The van der Waals surface area contributed by atoms with E-state index in [2.05, 4.69) is 0 Å². The fourth-order valence-corrected chi connectivity index (χ4v) is 13.5. The van der Waals surface area contributed by atoms with Crippen LogP contribution in [-0.4, -0.2) is 170 Å². The van der Waals surface area contributed by atoms with Gasteiger partial charge in [-0.15, -0.1) is 5.06 Å². The zero-order valence-electron chi connectivity index (χ0n) is 43.4. The Morgan fingerprint density at radius 1 is 0.662 bits per heavy atom. The van der Waals surface area contributed by atoms with Crippen molar-refractivity contribution in [2.24, 2.45) is 0 Å². The van der Waals surface area contributed by atoms with E-state index in [1.54, 1.807) is 50.0 Å². The van der Waals surface area contributed by atoms with Gasteiger partial charge in [-0.2, -0.15) is 46.7 Å². The molecule has 4 aromatic carbocycles. The van der Waals surface area contributed by atoms with Crippen molar-refractivity contribution in [3.8, 4) is 0 Å². The summed E-state index contributed by atoms with van der Waals surface area (Å²) in [6.07, 6.45) is 4.36. The fraction of sp³-hybridized carbons (Fsp3) is 0.429. The molecule has 26 nitrogen and oxygen atoms in total. The van der Waals surface area contributed by atoms with Gasteiger partial charge in [0, 0.05) is 71.8 Å². The number of benzene rings is 4. The van der Waals surface area contributed by atoms with E-state index in [1.165, 1.54) is 25.3 Å². The number of imide groups is 1. The Hall–Kier alpha value is -5.65. The van der Waals surface area contributed by atoms with E-state index in [0.29, 0.717) is 45.5 Å². The second-order valence-electron chi connectivity index (χ2n) is 19.4. The highest BCUT2D eigenvalue weighted by atomic mass is 32.2. The number of allylic oxidation sites excluding steroid dienone is 4. The van der Waals surface area contributed by atoms with Crippen LogP contribution >= 0.6 is 0 Å². The standard InChI is InChI=1S/C49H57N3O23S5/c1-48(2)41(7-5-8-42-49(3,16-6-26-76(56,57)58)47-36-28-32(78(62,63)64)30-40(80(68,69)70)34(36)10-12-38(47)51(42)17-20-71-4)50(37-11-9-33-35(46(37)48)27-31(77(59,60)61)29-39(33)79(65,66)67)18-21-73-23-25-74-24-22-72-19-15-45(55)75-52-43(53)13-14-44(52)54/h5,7-12,27-30H,6,13-26H2,1-4H3,(H4-,56,57,58,59,60,61,62,63,64,65,66,67,68,69,70)/p+1. The van der Waals surface area contributed by atoms with E-state index in [-0.39, 0.29) is 119 Å². The summed E-state index contributed by atoms with van der Waals surface area (Å²) >= 11 is 0. The topological polar surface area (TPSA) is 379 Å². The maximum Gasteiger partial charge on any atom is 0.335 e. The molecule has 3 heterocycles. The van der Waals surface area contributed by atoms with Gasteiger partial charge in [0.15, 0.2) is 12.3 Å². The van der Waals surface area contributed by atoms with Gasteiger partial charge in [-0.3, -0.25) is 32.4 Å². The van der Waals surface area contributed by atoms with E-state index >= 15 is 0 Å². The van der Waals surface area contributed by atoms with Crippen LogP contribution < -0.4 is 4.90 Å². The van der Waals surface area contributed by atoms with Crippen LogP contribution in [-0.2, 0) is 99.6 Å². The predicted octanol–water partition coefficient (Wildman–Crippen LogP) is 3.94. The van der Waals surface area contributed by atoms with Gasteiger partial charge < -0.3 is 28.7 Å². The minimum atomic E-state index is -5.15. The predicted molar refractivity (Wildman–Crippen MR) is 284 cm³/mol. The molecule has 3 aliphatic rings. The lowest BCUT2D eigenvalue weighted by molar-refractivity contribution is -0.442. The third kappa shape index (κ3) is 13.5. The van der Waals surface area contributed by atoms with Crippen molar-refractivity contribution in [1.82, 2.24) is 5.06 Å². The summed E-state index contributed by atoms with van der Waals surface area (Å²) in [5.74, 6) is -2.76. The molecule has 1 unspecified atom stereocenters. The maximum absolute atomic E-state index is 12.8. The molecule has 436 valence electrons. The summed E-state index contributed by atoms with van der Waals surface area (Å²) in [6, 6.07) is 9.14. The minimum Gasteiger partial charge on any atom is -0.383 e. The Labute approximate surface area is 461 Å². The number of anilines is 1. The summed E-state index contributed by atoms with van der Waals surface area (Å²) in [4.78, 5) is 38.6. The molecule has 5 N–H and O–H groups in total. The summed E-state index contributed by atoms with van der Waals surface area (Å²) in [7, 11) is -23.5. The maximum atomic E-state index is 12.8. The number of ether oxygens (including phenoxy) is 4. The number of carbonyl (C=O) groups excluding carboxylic acids is 3. The molecule has 2 amide bonds. The molecule has 4 aromatic rings. The number of hydrogen-bond donors (Lipinski definition) is 5. The Bertz CT molecular complexity index is 3840. The number of hydrogen-bond acceptors (Lipinski definition) is 19. The van der Waals surface area contributed by atoms with E-state index in [1.807, 2.05) is 4.58 Å². The SMILES string of the molecule is COCCN1/C(=C/C=C/C2=[N+](CCOCCOCCOCCC(=O)ON3C(=O)CCC3=O)c3ccc4c(S(=O)(=O)O)cc(S(=O)(=O)O)cc4c3C2(C)C)C(C)(CCCS(=O)(=O)O)c2c1ccc1c(S(=O)(=O)O)cc(S(=O)(=O)O)cc21. The monoisotopic (exact) mass is 1220 g/mol. The summed E-state index contributed by atoms with van der Waals surface area (Å²) in [6.45, 7) is 5.71. The highest BCUT2D eigenvalue weighted by molar-refractivity contribution is 7.87. The number of hydroxylamine groups is 2. The van der Waals surface area contributed by atoms with Crippen molar-refractivity contribution >= 4 is 107 Å². The van der Waals surface area contributed by atoms with Crippen LogP contribution in [0.2, 0.25) is 0 Å². The molecule has 0 spiro atoms. The first-order valence-corrected chi connectivity index (χ1v) is 31.7. The van der Waals surface area contributed by atoms with Gasteiger partial charge in [0.1, 0.15) is 16.4 Å². The van der Waals surface area contributed by atoms with Gasteiger partial charge in [-0.1, -0.05) is 12.1 Å². The summed E-state index contributed by atoms with van der Waals surface area (Å²) in [5.41, 5.74) is -0.208. The lowest BCUT2D eigenvalue weighted by Crippen LogP contribution is -2.32. The highest BCUT2D eigenvalue weighted by Gasteiger charge is 2.48. The molecule has 0 aromatic heterocycles. The molecule has 0 saturated carbocycles. The first-order chi connectivity index (χ1) is 37.2. The van der Waals surface area contributed by atoms with Gasteiger partial charge in [0.05, 0.1) is 67.0 Å². The third-order valence-electron chi connectivity index (χ3n) is 13.8. The van der Waals surface area contributed by atoms with E-state index in [9.17, 15) is 79.2 Å². The second kappa shape index (κ2) is 23.7. The quantitative estimate of drug-likeness (QED) is 0.0257. The molecular weight excluding hydrogens is 1160 g/mol. The molecule has 7 rings (SSSR count). The molecule has 0 bridgehead atoms. The molecular formula is C49H58N3O23S5+. The van der Waals surface area contributed by atoms with E-state index in [4.69, 9.17) is 23.8 Å². The first kappa shape index (κ1) is 62.0. The number of carbonyl (C=O) groups is 3. The largest absolute Gasteiger partial charge is 0.383 e. The van der Waals surface area contributed by atoms with Crippen molar-refractivity contribution in [3.63, 3.8) is 0 Å². The zero-order valence-corrected chi connectivity index (χ0v) is 47.5. The Morgan fingerprint density at radius 3 is 1.71 bits per heavy atom. The normalized spacial score (nSPS) is 18.4. The van der Waals surface area contributed by atoms with Crippen LogP contribution in [0.5, 0.6) is 0 Å². The van der Waals surface area contributed by atoms with Crippen molar-refractivity contribution in [2.75, 3.05) is 77.1 Å². The fourth-order valence-electron chi connectivity index (χ4n) is 10.3. The van der Waals surface area contributed by atoms with E-state index < -0.39 is 105 Å². The van der Waals surface area contributed by atoms with Crippen molar-refractivity contribution in [2.45, 2.75) is 83.3 Å². The van der Waals surface area contributed by atoms with Gasteiger partial charge in [0.2, 0.25) is 5.69 Å². The zero-order chi connectivity index (χ0) is 59.0. The molecule has 1 saturated heterocycles. The minimum absolute atomic E-state index is 0.0213. The van der Waals surface area contributed by atoms with Crippen molar-refractivity contribution in [1.29, 1.82) is 0 Å². The molecule has 31 heteroatoms. The lowest BCUT2D eigenvalue weighted by atomic mass is 9.75. The molecule has 1 atom stereocenters. The smallest absolute Gasteiger partial charge is 0.335 e. The number of rotatable bonds is 26. The number of amides is 2. The van der Waals surface area contributed by atoms with Crippen molar-refractivity contribution in [3.05, 3.63) is 83.6 Å². The van der Waals surface area contributed by atoms with Gasteiger partial charge in [0.25, 0.3) is 62.4 Å². The molecule has 0 radical (unpaired) electrons. The van der Waals surface area contributed by atoms with Crippen LogP contribution in [0.1, 0.15) is 64.0 Å².